The average molecular weight is 422 g/mol. The molecule has 0 spiro atoms. The molecule has 2 N–H and O–H groups in total. The number of halogens is 1. The molecule has 0 bridgehead atoms. The normalized spacial score (nSPS) is 11.6. The van der Waals surface area contributed by atoms with E-state index < -0.39 is 6.04 Å². The number of benzene rings is 1. The highest BCUT2D eigenvalue weighted by Crippen LogP contribution is 2.16. The molecule has 1 aromatic carbocycles. The van der Waals surface area contributed by atoms with Crippen LogP contribution in [0.5, 0.6) is 0 Å². The molecule has 132 valence electrons. The fourth-order valence-electron chi connectivity index (χ4n) is 2.20. The van der Waals surface area contributed by atoms with Crippen LogP contribution >= 0.6 is 27.7 Å². The van der Waals surface area contributed by atoms with Crippen LogP contribution in [0.1, 0.15) is 22.3 Å². The Balaban J connectivity index is 2.00. The minimum atomic E-state index is -0.575. The van der Waals surface area contributed by atoms with Gasteiger partial charge < -0.3 is 10.6 Å². The van der Waals surface area contributed by atoms with Crippen LogP contribution in [0, 0.1) is 0 Å². The quantitative estimate of drug-likeness (QED) is 0.686. The van der Waals surface area contributed by atoms with Crippen LogP contribution in [-0.2, 0) is 11.3 Å². The summed E-state index contributed by atoms with van der Waals surface area (Å²) in [5.41, 5.74) is 1.47. The van der Waals surface area contributed by atoms with Gasteiger partial charge in [0.1, 0.15) is 6.04 Å². The second kappa shape index (κ2) is 10.2. The van der Waals surface area contributed by atoms with Crippen molar-refractivity contribution in [2.24, 2.45) is 0 Å². The molecule has 1 unspecified atom stereocenters. The van der Waals surface area contributed by atoms with Gasteiger partial charge in [0.15, 0.2) is 0 Å². The van der Waals surface area contributed by atoms with Gasteiger partial charge in [-0.05, 0) is 64.2 Å². The number of nitrogens with zero attached hydrogens (tertiary/aromatic N) is 1. The number of pyridine rings is 1. The molecule has 1 atom stereocenters. The lowest BCUT2D eigenvalue weighted by Gasteiger charge is -2.18. The van der Waals surface area contributed by atoms with Gasteiger partial charge in [-0.1, -0.05) is 12.1 Å². The zero-order valence-corrected chi connectivity index (χ0v) is 16.3. The summed E-state index contributed by atoms with van der Waals surface area (Å²) in [5, 5.41) is 5.72. The summed E-state index contributed by atoms with van der Waals surface area (Å²) in [6.07, 6.45) is 5.91. The van der Waals surface area contributed by atoms with Crippen molar-refractivity contribution in [2.45, 2.75) is 19.0 Å². The smallest absolute Gasteiger partial charge is 0.253 e. The lowest BCUT2D eigenvalue weighted by Crippen LogP contribution is -2.47. The Morgan fingerprint density at radius 3 is 2.60 bits per heavy atom. The average Bonchev–Trinajstić information content (AvgIpc) is 2.64. The summed E-state index contributed by atoms with van der Waals surface area (Å²) in [6.45, 7) is 0.405. The van der Waals surface area contributed by atoms with Gasteiger partial charge in [0, 0.05) is 23.4 Å². The van der Waals surface area contributed by atoms with E-state index in [0.717, 1.165) is 11.3 Å². The summed E-state index contributed by atoms with van der Waals surface area (Å²) in [6, 6.07) is 10.3. The molecule has 0 saturated heterocycles. The summed E-state index contributed by atoms with van der Waals surface area (Å²) in [7, 11) is 0. The van der Waals surface area contributed by atoms with Crippen LogP contribution in [0.25, 0.3) is 0 Å². The molecule has 2 rings (SSSR count). The number of nitrogens with one attached hydrogen (secondary N) is 2. The molecule has 1 aromatic heterocycles. The number of hydrogen-bond donors (Lipinski definition) is 2. The van der Waals surface area contributed by atoms with Crippen LogP contribution in [0.3, 0.4) is 0 Å². The molecule has 25 heavy (non-hydrogen) atoms. The SMILES string of the molecule is CSCCC(NC(=O)c1ccccc1Br)C(=O)NCc1ccncc1. The van der Waals surface area contributed by atoms with Crippen molar-refractivity contribution in [3.05, 3.63) is 64.4 Å². The van der Waals surface area contributed by atoms with Crippen molar-refractivity contribution in [1.82, 2.24) is 15.6 Å². The lowest BCUT2D eigenvalue weighted by atomic mass is 10.1. The highest BCUT2D eigenvalue weighted by Gasteiger charge is 2.21. The van der Waals surface area contributed by atoms with Crippen molar-refractivity contribution in [3.8, 4) is 0 Å². The molecular formula is C18H20BrN3O2S. The molecule has 0 radical (unpaired) electrons. The van der Waals surface area contributed by atoms with E-state index in [1.807, 2.05) is 24.5 Å². The fraction of sp³-hybridized carbons (Fsp3) is 0.278. The van der Waals surface area contributed by atoms with E-state index in [1.165, 1.54) is 0 Å². The fourth-order valence-corrected chi connectivity index (χ4v) is 3.14. The maximum Gasteiger partial charge on any atom is 0.253 e. The maximum absolute atomic E-state index is 12.5. The van der Waals surface area contributed by atoms with Gasteiger partial charge in [-0.3, -0.25) is 14.6 Å². The van der Waals surface area contributed by atoms with Gasteiger partial charge >= 0.3 is 0 Å². The Bertz CT molecular complexity index is 712. The number of aromatic nitrogens is 1. The molecule has 0 aliphatic rings. The van der Waals surface area contributed by atoms with Crippen LogP contribution in [0.2, 0.25) is 0 Å². The zero-order valence-electron chi connectivity index (χ0n) is 13.9. The maximum atomic E-state index is 12.5. The monoisotopic (exact) mass is 421 g/mol. The molecule has 2 amide bonds. The standard InChI is InChI=1S/C18H20BrN3O2S/c1-25-11-8-16(18(24)21-12-13-6-9-20-10-7-13)22-17(23)14-4-2-3-5-15(14)19/h2-7,9-10,16H,8,11-12H2,1H3,(H,21,24)(H,22,23). The highest BCUT2D eigenvalue weighted by molar-refractivity contribution is 9.10. The van der Waals surface area contributed by atoms with E-state index in [2.05, 4.69) is 31.5 Å². The van der Waals surface area contributed by atoms with Crippen molar-refractivity contribution in [1.29, 1.82) is 0 Å². The number of carbonyl (C=O) groups excluding carboxylic acids is 2. The Hall–Kier alpha value is -1.86. The number of rotatable bonds is 8. The molecule has 0 aliphatic carbocycles. The van der Waals surface area contributed by atoms with Gasteiger partial charge in [0.25, 0.3) is 5.91 Å². The van der Waals surface area contributed by atoms with E-state index in [1.54, 1.807) is 42.4 Å². The number of carbonyl (C=O) groups is 2. The van der Waals surface area contributed by atoms with Crippen molar-refractivity contribution in [2.75, 3.05) is 12.0 Å². The van der Waals surface area contributed by atoms with Crippen LogP contribution < -0.4 is 10.6 Å². The van der Waals surface area contributed by atoms with E-state index in [0.29, 0.717) is 23.0 Å². The molecule has 0 fully saturated rings. The summed E-state index contributed by atoms with van der Waals surface area (Å²) in [5.74, 6) is 0.327. The predicted molar refractivity (Wildman–Crippen MR) is 104 cm³/mol. The first-order valence-electron chi connectivity index (χ1n) is 7.82. The molecule has 5 nitrogen and oxygen atoms in total. The topological polar surface area (TPSA) is 71.1 Å². The minimum absolute atomic E-state index is 0.189. The first-order valence-corrected chi connectivity index (χ1v) is 10.0. The third kappa shape index (κ3) is 6.17. The third-order valence-corrected chi connectivity index (χ3v) is 4.90. The molecule has 1 heterocycles. The summed E-state index contributed by atoms with van der Waals surface area (Å²) < 4.78 is 0.702. The van der Waals surface area contributed by atoms with Gasteiger partial charge in [0.05, 0.1) is 5.56 Å². The Kier molecular flexibility index (Phi) is 7.94. The number of thioether (sulfide) groups is 1. The van der Waals surface area contributed by atoms with Crippen LogP contribution in [0.15, 0.2) is 53.3 Å². The third-order valence-electron chi connectivity index (χ3n) is 3.57. The van der Waals surface area contributed by atoms with E-state index in [-0.39, 0.29) is 11.8 Å². The van der Waals surface area contributed by atoms with Crippen LogP contribution in [0.4, 0.5) is 0 Å². The lowest BCUT2D eigenvalue weighted by molar-refractivity contribution is -0.123. The van der Waals surface area contributed by atoms with Crippen molar-refractivity contribution in [3.63, 3.8) is 0 Å². The molecular weight excluding hydrogens is 402 g/mol. The van der Waals surface area contributed by atoms with Crippen molar-refractivity contribution >= 4 is 39.5 Å². The molecule has 2 aromatic rings. The summed E-state index contributed by atoms with van der Waals surface area (Å²) in [4.78, 5) is 28.9. The predicted octanol–water partition coefficient (Wildman–Crippen LogP) is 3.01. The zero-order chi connectivity index (χ0) is 18.1. The Labute approximate surface area is 160 Å². The Morgan fingerprint density at radius 1 is 1.20 bits per heavy atom. The number of amides is 2. The number of hydrogen-bond acceptors (Lipinski definition) is 4. The highest BCUT2D eigenvalue weighted by atomic mass is 79.9. The molecule has 7 heteroatoms. The van der Waals surface area contributed by atoms with Gasteiger partial charge in [-0.2, -0.15) is 11.8 Å². The second-order valence-electron chi connectivity index (χ2n) is 5.36. The molecule has 0 saturated carbocycles. The molecule has 0 aliphatic heterocycles. The second-order valence-corrected chi connectivity index (χ2v) is 7.20. The summed E-state index contributed by atoms with van der Waals surface area (Å²) >= 11 is 5.01. The van der Waals surface area contributed by atoms with Crippen molar-refractivity contribution < 1.29 is 9.59 Å². The van der Waals surface area contributed by atoms with E-state index >= 15 is 0 Å². The van der Waals surface area contributed by atoms with E-state index in [9.17, 15) is 9.59 Å². The first kappa shape index (κ1) is 19.5. The Morgan fingerprint density at radius 2 is 1.92 bits per heavy atom. The largest absolute Gasteiger partial charge is 0.350 e. The van der Waals surface area contributed by atoms with Crippen LogP contribution in [-0.4, -0.2) is 34.8 Å². The van der Waals surface area contributed by atoms with Gasteiger partial charge in [-0.25, -0.2) is 0 Å². The van der Waals surface area contributed by atoms with Gasteiger partial charge in [0.2, 0.25) is 5.91 Å². The first-order chi connectivity index (χ1) is 12.1. The van der Waals surface area contributed by atoms with Gasteiger partial charge in [-0.15, -0.1) is 0 Å². The van der Waals surface area contributed by atoms with E-state index in [4.69, 9.17) is 0 Å². The minimum Gasteiger partial charge on any atom is -0.350 e.